The zero-order valence-corrected chi connectivity index (χ0v) is 15.5. The molecule has 0 saturated carbocycles. The summed E-state index contributed by atoms with van der Waals surface area (Å²) < 4.78 is 5.10. The standard InChI is InChI=1S/C19H17N3O3S/c1-11-8-12(2)21-18(15(11)10-20)26-16-9-17(23)22(19(16)24)13-4-6-14(25-3)7-5-13/h4-8,16H,9H2,1-3H3/t16-/m1/s1. The first-order valence-electron chi connectivity index (χ1n) is 8.00. The van der Waals surface area contributed by atoms with Crippen molar-refractivity contribution in [1.29, 1.82) is 5.26 Å². The predicted molar refractivity (Wildman–Crippen MR) is 98.2 cm³/mol. The summed E-state index contributed by atoms with van der Waals surface area (Å²) in [7, 11) is 1.55. The number of aromatic nitrogens is 1. The molecule has 2 amide bonds. The van der Waals surface area contributed by atoms with Crippen molar-refractivity contribution in [2.75, 3.05) is 12.0 Å². The lowest BCUT2D eigenvalue weighted by molar-refractivity contribution is -0.121. The molecule has 0 radical (unpaired) electrons. The molecule has 2 aromatic rings. The topological polar surface area (TPSA) is 83.3 Å². The molecule has 0 bridgehead atoms. The van der Waals surface area contributed by atoms with Gasteiger partial charge in [-0.25, -0.2) is 9.88 Å². The number of pyridine rings is 1. The van der Waals surface area contributed by atoms with E-state index in [9.17, 15) is 14.9 Å². The Morgan fingerprint density at radius 3 is 2.58 bits per heavy atom. The lowest BCUT2D eigenvalue weighted by atomic mass is 10.1. The van der Waals surface area contributed by atoms with Gasteiger partial charge in [-0.3, -0.25) is 9.59 Å². The van der Waals surface area contributed by atoms with Crippen LogP contribution >= 0.6 is 11.8 Å². The smallest absolute Gasteiger partial charge is 0.247 e. The fourth-order valence-electron chi connectivity index (χ4n) is 2.86. The number of hydrogen-bond donors (Lipinski definition) is 0. The van der Waals surface area contributed by atoms with Crippen molar-refractivity contribution in [3.05, 3.63) is 47.2 Å². The Balaban J connectivity index is 1.87. The number of thioether (sulfide) groups is 1. The second-order valence-corrected chi connectivity index (χ2v) is 7.14. The van der Waals surface area contributed by atoms with Crippen molar-refractivity contribution in [2.24, 2.45) is 0 Å². The third kappa shape index (κ3) is 3.28. The Hall–Kier alpha value is -2.85. The van der Waals surface area contributed by atoms with E-state index in [1.165, 1.54) is 16.7 Å². The van der Waals surface area contributed by atoms with Crippen molar-refractivity contribution in [2.45, 2.75) is 30.5 Å². The largest absolute Gasteiger partial charge is 0.497 e. The Kier molecular flexibility index (Phi) is 4.96. The first kappa shape index (κ1) is 18.0. The van der Waals surface area contributed by atoms with E-state index < -0.39 is 5.25 Å². The minimum absolute atomic E-state index is 0.0784. The molecule has 1 fully saturated rings. The number of hydrogen-bond acceptors (Lipinski definition) is 6. The van der Waals surface area contributed by atoms with Crippen LogP contribution in [-0.4, -0.2) is 29.2 Å². The van der Waals surface area contributed by atoms with Gasteiger partial charge in [-0.15, -0.1) is 0 Å². The van der Waals surface area contributed by atoms with Gasteiger partial charge >= 0.3 is 0 Å². The van der Waals surface area contributed by atoms with E-state index >= 15 is 0 Å². The van der Waals surface area contributed by atoms with Crippen molar-refractivity contribution in [3.63, 3.8) is 0 Å². The number of nitrogens with zero attached hydrogens (tertiary/aromatic N) is 3. The van der Waals surface area contributed by atoms with Crippen LogP contribution in [0.25, 0.3) is 0 Å². The van der Waals surface area contributed by atoms with Gasteiger partial charge < -0.3 is 4.74 Å². The van der Waals surface area contributed by atoms with Crippen molar-refractivity contribution < 1.29 is 14.3 Å². The molecule has 2 heterocycles. The zero-order valence-electron chi connectivity index (χ0n) is 14.6. The molecule has 0 unspecified atom stereocenters. The van der Waals surface area contributed by atoms with E-state index in [1.54, 1.807) is 31.4 Å². The summed E-state index contributed by atoms with van der Waals surface area (Å²) in [6.07, 6.45) is 0.0784. The highest BCUT2D eigenvalue weighted by molar-refractivity contribution is 8.00. The Morgan fingerprint density at radius 1 is 1.27 bits per heavy atom. The summed E-state index contributed by atoms with van der Waals surface area (Å²) >= 11 is 1.18. The fraction of sp³-hybridized carbons (Fsp3) is 0.263. The minimum Gasteiger partial charge on any atom is -0.497 e. The third-order valence-electron chi connectivity index (χ3n) is 4.11. The van der Waals surface area contributed by atoms with Gasteiger partial charge in [0.1, 0.15) is 16.8 Å². The maximum Gasteiger partial charge on any atom is 0.247 e. The summed E-state index contributed by atoms with van der Waals surface area (Å²) in [5.41, 5.74) is 2.54. The molecular formula is C19H17N3O3S. The first-order chi connectivity index (χ1) is 12.4. The molecule has 0 N–H and O–H groups in total. The van der Waals surface area contributed by atoms with Gasteiger partial charge in [-0.05, 0) is 49.7 Å². The maximum atomic E-state index is 12.8. The number of carbonyl (C=O) groups excluding carboxylic acids is 2. The van der Waals surface area contributed by atoms with E-state index in [0.717, 1.165) is 11.3 Å². The van der Waals surface area contributed by atoms with Crippen LogP contribution in [-0.2, 0) is 9.59 Å². The van der Waals surface area contributed by atoms with E-state index in [4.69, 9.17) is 4.74 Å². The number of amides is 2. The number of aryl methyl sites for hydroxylation is 2. The summed E-state index contributed by atoms with van der Waals surface area (Å²) in [6, 6.07) is 10.7. The highest BCUT2D eigenvalue weighted by Gasteiger charge is 2.40. The highest BCUT2D eigenvalue weighted by Crippen LogP contribution is 2.35. The third-order valence-corrected chi connectivity index (χ3v) is 5.28. The van der Waals surface area contributed by atoms with Crippen LogP contribution < -0.4 is 9.64 Å². The number of methoxy groups -OCH3 is 1. The number of anilines is 1. The van der Waals surface area contributed by atoms with E-state index in [1.807, 2.05) is 19.9 Å². The molecule has 6 nitrogen and oxygen atoms in total. The van der Waals surface area contributed by atoms with Crippen molar-refractivity contribution in [3.8, 4) is 11.8 Å². The maximum absolute atomic E-state index is 12.8. The minimum atomic E-state index is -0.592. The number of benzene rings is 1. The lowest BCUT2D eigenvalue weighted by Crippen LogP contribution is -2.31. The average Bonchev–Trinajstić information content (AvgIpc) is 2.88. The second kappa shape index (κ2) is 7.18. The summed E-state index contributed by atoms with van der Waals surface area (Å²) in [4.78, 5) is 30.8. The van der Waals surface area contributed by atoms with Crippen LogP contribution in [0.2, 0.25) is 0 Å². The highest BCUT2D eigenvalue weighted by atomic mass is 32.2. The molecule has 1 aliphatic rings. The van der Waals surface area contributed by atoms with Gasteiger partial charge in [0.2, 0.25) is 11.8 Å². The summed E-state index contributed by atoms with van der Waals surface area (Å²) in [5.74, 6) is 0.0902. The molecule has 1 aromatic heterocycles. The molecule has 0 aliphatic carbocycles. The lowest BCUT2D eigenvalue weighted by Gasteiger charge is -2.15. The van der Waals surface area contributed by atoms with E-state index in [-0.39, 0.29) is 18.2 Å². The Labute approximate surface area is 155 Å². The van der Waals surface area contributed by atoms with Crippen LogP contribution in [0.1, 0.15) is 23.2 Å². The normalized spacial score (nSPS) is 16.7. The first-order valence-corrected chi connectivity index (χ1v) is 8.88. The molecule has 1 aromatic carbocycles. The molecule has 1 atom stereocenters. The molecule has 26 heavy (non-hydrogen) atoms. The molecule has 1 aliphatic heterocycles. The van der Waals surface area contributed by atoms with E-state index in [2.05, 4.69) is 11.1 Å². The molecule has 132 valence electrons. The quantitative estimate of drug-likeness (QED) is 0.773. The number of ether oxygens (including phenoxy) is 1. The molecule has 1 saturated heterocycles. The average molecular weight is 367 g/mol. The van der Waals surface area contributed by atoms with Gasteiger partial charge in [-0.1, -0.05) is 11.8 Å². The predicted octanol–water partition coefficient (Wildman–Crippen LogP) is 3.00. The van der Waals surface area contributed by atoms with Gasteiger partial charge in [0, 0.05) is 12.1 Å². The Bertz CT molecular complexity index is 919. The molecular weight excluding hydrogens is 350 g/mol. The summed E-state index contributed by atoms with van der Waals surface area (Å²) in [5, 5.41) is 9.28. The number of nitriles is 1. The number of carbonyl (C=O) groups is 2. The van der Waals surface area contributed by atoms with Crippen LogP contribution in [0.4, 0.5) is 5.69 Å². The van der Waals surface area contributed by atoms with Gasteiger partial charge in [0.05, 0.1) is 23.6 Å². The van der Waals surface area contributed by atoms with E-state index in [0.29, 0.717) is 22.0 Å². The summed E-state index contributed by atoms with van der Waals surface area (Å²) in [6.45, 7) is 3.67. The van der Waals surface area contributed by atoms with Gasteiger partial charge in [-0.2, -0.15) is 5.26 Å². The Morgan fingerprint density at radius 2 is 1.96 bits per heavy atom. The van der Waals surface area contributed by atoms with Crippen LogP contribution in [0.15, 0.2) is 35.4 Å². The second-order valence-electron chi connectivity index (χ2n) is 5.95. The SMILES string of the molecule is COc1ccc(N2C(=O)C[C@@H](Sc3nc(C)cc(C)c3C#N)C2=O)cc1. The van der Waals surface area contributed by atoms with Crippen LogP contribution in [0, 0.1) is 25.2 Å². The van der Waals surface area contributed by atoms with Crippen molar-refractivity contribution in [1.82, 2.24) is 4.98 Å². The monoisotopic (exact) mass is 367 g/mol. The van der Waals surface area contributed by atoms with Crippen molar-refractivity contribution >= 4 is 29.3 Å². The van der Waals surface area contributed by atoms with Gasteiger partial charge in [0.25, 0.3) is 0 Å². The number of imide groups is 1. The number of rotatable bonds is 4. The molecule has 3 rings (SSSR count). The molecule has 0 spiro atoms. The van der Waals surface area contributed by atoms with Gasteiger partial charge in [0.15, 0.2) is 0 Å². The van der Waals surface area contributed by atoms with Crippen LogP contribution in [0.3, 0.4) is 0 Å². The van der Waals surface area contributed by atoms with Crippen LogP contribution in [0.5, 0.6) is 5.75 Å². The fourth-order valence-corrected chi connectivity index (χ4v) is 4.08. The zero-order chi connectivity index (χ0) is 18.8. The molecule has 7 heteroatoms.